The number of furan rings is 1. The van der Waals surface area contributed by atoms with Gasteiger partial charge in [-0.25, -0.2) is 4.98 Å². The highest BCUT2D eigenvalue weighted by Gasteiger charge is 2.15. The summed E-state index contributed by atoms with van der Waals surface area (Å²) >= 11 is 1.64. The average molecular weight is 250 g/mol. The normalized spacial score (nSPS) is 11.4. The van der Waals surface area contributed by atoms with E-state index in [9.17, 15) is 0 Å². The Labute approximate surface area is 106 Å². The fourth-order valence-corrected chi connectivity index (χ4v) is 2.80. The summed E-state index contributed by atoms with van der Waals surface area (Å²) in [4.78, 5) is 5.84. The molecule has 0 aliphatic carbocycles. The van der Waals surface area contributed by atoms with E-state index in [4.69, 9.17) is 10.2 Å². The lowest BCUT2D eigenvalue weighted by atomic mass is 10.1. The van der Waals surface area contributed by atoms with Gasteiger partial charge in [0.1, 0.15) is 0 Å². The van der Waals surface area contributed by atoms with Gasteiger partial charge in [0.2, 0.25) is 0 Å². The molecule has 0 saturated heterocycles. The molecule has 0 saturated carbocycles. The van der Waals surface area contributed by atoms with Crippen LogP contribution in [0.25, 0.3) is 10.8 Å². The molecule has 92 valence electrons. The van der Waals surface area contributed by atoms with Crippen LogP contribution < -0.4 is 5.73 Å². The standard InChI is InChI=1S/C13H18N2OS/c1-8(2)6-10-11(7-14)17-13(15-10)12-9(3)4-5-16-12/h4-5,8H,6-7,14H2,1-3H3. The van der Waals surface area contributed by atoms with E-state index in [1.807, 2.05) is 13.0 Å². The van der Waals surface area contributed by atoms with E-state index < -0.39 is 0 Å². The molecule has 0 unspecified atom stereocenters. The number of nitrogens with zero attached hydrogens (tertiary/aromatic N) is 1. The molecule has 0 aliphatic heterocycles. The van der Waals surface area contributed by atoms with Crippen molar-refractivity contribution in [1.82, 2.24) is 4.98 Å². The number of thiazole rings is 1. The molecule has 2 N–H and O–H groups in total. The second kappa shape index (κ2) is 5.02. The Hall–Kier alpha value is -1.13. The quantitative estimate of drug-likeness (QED) is 0.905. The molecule has 2 aromatic heterocycles. The number of aromatic nitrogens is 1. The van der Waals surface area contributed by atoms with Gasteiger partial charge in [0.15, 0.2) is 10.8 Å². The fourth-order valence-electron chi connectivity index (χ4n) is 1.78. The lowest BCUT2D eigenvalue weighted by Gasteiger charge is -2.02. The molecule has 2 aromatic rings. The van der Waals surface area contributed by atoms with Crippen LogP contribution in [0, 0.1) is 12.8 Å². The largest absolute Gasteiger partial charge is 0.462 e. The van der Waals surface area contributed by atoms with Gasteiger partial charge in [-0.2, -0.15) is 0 Å². The predicted molar refractivity (Wildman–Crippen MR) is 71.0 cm³/mol. The highest BCUT2D eigenvalue weighted by Crippen LogP contribution is 2.31. The van der Waals surface area contributed by atoms with E-state index in [2.05, 4.69) is 18.8 Å². The van der Waals surface area contributed by atoms with Crippen LogP contribution in [0.1, 0.15) is 30.0 Å². The predicted octanol–water partition coefficient (Wildman–Crippen LogP) is 3.37. The molecule has 17 heavy (non-hydrogen) atoms. The summed E-state index contributed by atoms with van der Waals surface area (Å²) in [5, 5.41) is 0.948. The van der Waals surface area contributed by atoms with E-state index in [0.717, 1.165) is 28.4 Å². The van der Waals surface area contributed by atoms with Crippen LogP contribution >= 0.6 is 11.3 Å². The number of hydrogen-bond donors (Lipinski definition) is 1. The van der Waals surface area contributed by atoms with Crippen molar-refractivity contribution in [3.8, 4) is 10.8 Å². The second-order valence-electron chi connectivity index (χ2n) is 4.62. The summed E-state index contributed by atoms with van der Waals surface area (Å²) in [5.74, 6) is 1.47. The minimum Gasteiger partial charge on any atom is -0.462 e. The SMILES string of the molecule is Cc1ccoc1-c1nc(CC(C)C)c(CN)s1. The zero-order chi connectivity index (χ0) is 12.4. The fraction of sp³-hybridized carbons (Fsp3) is 0.462. The summed E-state index contributed by atoms with van der Waals surface area (Å²) in [6, 6.07) is 1.96. The Morgan fingerprint density at radius 1 is 1.47 bits per heavy atom. The molecule has 2 heterocycles. The molecular weight excluding hydrogens is 232 g/mol. The van der Waals surface area contributed by atoms with Gasteiger partial charge in [0.25, 0.3) is 0 Å². The Balaban J connectivity index is 2.37. The number of aryl methyl sites for hydroxylation is 1. The first-order valence-electron chi connectivity index (χ1n) is 5.85. The van der Waals surface area contributed by atoms with Gasteiger partial charge in [0, 0.05) is 11.4 Å². The zero-order valence-electron chi connectivity index (χ0n) is 10.5. The van der Waals surface area contributed by atoms with Gasteiger partial charge in [-0.15, -0.1) is 11.3 Å². The molecule has 3 nitrogen and oxygen atoms in total. The molecule has 0 fully saturated rings. The van der Waals surface area contributed by atoms with Gasteiger partial charge in [-0.3, -0.25) is 0 Å². The molecular formula is C13H18N2OS. The maximum Gasteiger partial charge on any atom is 0.165 e. The van der Waals surface area contributed by atoms with Gasteiger partial charge in [-0.05, 0) is 30.9 Å². The second-order valence-corrected chi connectivity index (χ2v) is 5.71. The lowest BCUT2D eigenvalue weighted by Crippen LogP contribution is -2.01. The van der Waals surface area contributed by atoms with E-state index in [0.29, 0.717) is 12.5 Å². The van der Waals surface area contributed by atoms with Gasteiger partial charge < -0.3 is 10.2 Å². The summed E-state index contributed by atoms with van der Waals surface area (Å²) in [5.41, 5.74) is 8.02. The minimum absolute atomic E-state index is 0.555. The van der Waals surface area contributed by atoms with E-state index in [1.165, 1.54) is 4.88 Å². The van der Waals surface area contributed by atoms with Crippen molar-refractivity contribution < 1.29 is 4.42 Å². The Morgan fingerprint density at radius 3 is 2.76 bits per heavy atom. The summed E-state index contributed by atoms with van der Waals surface area (Å²) < 4.78 is 5.48. The molecule has 0 atom stereocenters. The molecule has 0 spiro atoms. The highest BCUT2D eigenvalue weighted by atomic mass is 32.1. The highest BCUT2D eigenvalue weighted by molar-refractivity contribution is 7.15. The van der Waals surface area contributed by atoms with Crippen molar-refractivity contribution in [2.24, 2.45) is 11.7 Å². The third-order valence-corrected chi connectivity index (χ3v) is 3.74. The Morgan fingerprint density at radius 2 is 2.24 bits per heavy atom. The summed E-state index contributed by atoms with van der Waals surface area (Å²) in [6.07, 6.45) is 2.68. The monoisotopic (exact) mass is 250 g/mol. The molecule has 0 radical (unpaired) electrons. The third-order valence-electron chi connectivity index (χ3n) is 2.62. The molecule has 0 aromatic carbocycles. The van der Waals surface area contributed by atoms with Crippen LogP contribution in [-0.2, 0) is 13.0 Å². The number of hydrogen-bond acceptors (Lipinski definition) is 4. The molecule has 0 bridgehead atoms. The first-order valence-corrected chi connectivity index (χ1v) is 6.66. The third kappa shape index (κ3) is 2.58. The van der Waals surface area contributed by atoms with Crippen molar-refractivity contribution in [2.75, 3.05) is 0 Å². The van der Waals surface area contributed by atoms with E-state index in [-0.39, 0.29) is 0 Å². The smallest absolute Gasteiger partial charge is 0.165 e. The van der Waals surface area contributed by atoms with E-state index >= 15 is 0 Å². The van der Waals surface area contributed by atoms with Crippen molar-refractivity contribution in [1.29, 1.82) is 0 Å². The van der Waals surface area contributed by atoms with Crippen LogP contribution in [0.3, 0.4) is 0 Å². The van der Waals surface area contributed by atoms with Gasteiger partial charge >= 0.3 is 0 Å². The molecule has 2 rings (SSSR count). The molecule has 4 heteroatoms. The van der Waals surface area contributed by atoms with Crippen LogP contribution in [0.2, 0.25) is 0 Å². The molecule has 0 amide bonds. The van der Waals surface area contributed by atoms with Crippen molar-refractivity contribution >= 4 is 11.3 Å². The average Bonchev–Trinajstić information content (AvgIpc) is 2.83. The lowest BCUT2D eigenvalue weighted by molar-refractivity contribution is 0.579. The van der Waals surface area contributed by atoms with Crippen LogP contribution in [-0.4, -0.2) is 4.98 Å². The van der Waals surface area contributed by atoms with Crippen molar-refractivity contribution in [3.63, 3.8) is 0 Å². The first-order chi connectivity index (χ1) is 8.11. The van der Waals surface area contributed by atoms with Crippen LogP contribution in [0.5, 0.6) is 0 Å². The minimum atomic E-state index is 0.555. The first kappa shape index (κ1) is 12.3. The number of rotatable bonds is 4. The van der Waals surface area contributed by atoms with E-state index in [1.54, 1.807) is 17.6 Å². The Bertz CT molecular complexity index is 499. The van der Waals surface area contributed by atoms with Gasteiger partial charge in [-0.1, -0.05) is 13.8 Å². The molecule has 0 aliphatic rings. The Kier molecular flexibility index (Phi) is 3.64. The van der Waals surface area contributed by atoms with Crippen molar-refractivity contribution in [3.05, 3.63) is 28.5 Å². The topological polar surface area (TPSA) is 52.0 Å². The summed E-state index contributed by atoms with van der Waals surface area (Å²) in [6.45, 7) is 6.97. The number of nitrogens with two attached hydrogens (primary N) is 1. The maximum atomic E-state index is 5.77. The van der Waals surface area contributed by atoms with Crippen LogP contribution in [0.15, 0.2) is 16.7 Å². The maximum absolute atomic E-state index is 5.77. The van der Waals surface area contributed by atoms with Gasteiger partial charge in [0.05, 0.1) is 12.0 Å². The summed E-state index contributed by atoms with van der Waals surface area (Å²) in [7, 11) is 0. The van der Waals surface area contributed by atoms with Crippen molar-refractivity contribution in [2.45, 2.75) is 33.7 Å². The van der Waals surface area contributed by atoms with Crippen LogP contribution in [0.4, 0.5) is 0 Å². The zero-order valence-corrected chi connectivity index (χ0v) is 11.3.